The Morgan fingerprint density at radius 1 is 0.978 bits per heavy atom. The molecule has 1 saturated heterocycles. The van der Waals surface area contributed by atoms with Crippen molar-refractivity contribution in [3.05, 3.63) is 113 Å². The zero-order valence-corrected chi connectivity index (χ0v) is 25.1. The average molecular weight is 600 g/mol. The summed E-state index contributed by atoms with van der Waals surface area (Å²) in [6, 6.07) is 20.6. The highest BCUT2D eigenvalue weighted by Crippen LogP contribution is 2.36. The Balaban J connectivity index is 1.23. The van der Waals surface area contributed by atoms with Gasteiger partial charge in [0.1, 0.15) is 17.4 Å². The molecule has 0 saturated carbocycles. The van der Waals surface area contributed by atoms with E-state index in [1.807, 2.05) is 79.3 Å². The predicted octanol–water partition coefficient (Wildman–Crippen LogP) is 4.56. The lowest BCUT2D eigenvalue weighted by molar-refractivity contribution is 0.102. The minimum Gasteiger partial charge on any atom is -0.382 e. The van der Waals surface area contributed by atoms with E-state index in [1.165, 1.54) is 6.33 Å². The van der Waals surface area contributed by atoms with Gasteiger partial charge in [-0.1, -0.05) is 30.3 Å². The van der Waals surface area contributed by atoms with Crippen molar-refractivity contribution in [3.63, 3.8) is 0 Å². The Kier molecular flexibility index (Phi) is 7.22. The van der Waals surface area contributed by atoms with E-state index in [0.29, 0.717) is 28.8 Å². The van der Waals surface area contributed by atoms with Gasteiger partial charge in [-0.05, 0) is 74.8 Å². The molecule has 7 rings (SSSR count). The number of hydrogen-bond donors (Lipinski definition) is 3. The fourth-order valence-corrected chi connectivity index (χ4v) is 6.26. The van der Waals surface area contributed by atoms with Crippen LogP contribution in [0, 0.1) is 6.92 Å². The van der Waals surface area contributed by atoms with Gasteiger partial charge in [0.15, 0.2) is 5.82 Å². The van der Waals surface area contributed by atoms with Gasteiger partial charge in [0.25, 0.3) is 11.5 Å². The topological polar surface area (TPSA) is 137 Å². The minimum atomic E-state index is -0.497. The van der Waals surface area contributed by atoms with Gasteiger partial charge in [-0.25, -0.2) is 9.50 Å². The third-order valence-electron chi connectivity index (χ3n) is 8.54. The van der Waals surface area contributed by atoms with Crippen LogP contribution >= 0.6 is 0 Å². The summed E-state index contributed by atoms with van der Waals surface area (Å²) in [7, 11) is 1.83. The molecule has 0 aliphatic carbocycles. The van der Waals surface area contributed by atoms with Crippen LogP contribution in [0.4, 0.5) is 11.5 Å². The first-order valence-electron chi connectivity index (χ1n) is 14.9. The molecule has 0 spiro atoms. The number of para-hydroxylation sites is 1. The van der Waals surface area contributed by atoms with Crippen LogP contribution in [0.1, 0.15) is 40.5 Å². The molecule has 0 atom stereocenters. The summed E-state index contributed by atoms with van der Waals surface area (Å²) in [6.07, 6.45) is 7.12. The van der Waals surface area contributed by atoms with Crippen LogP contribution in [-0.2, 0) is 7.05 Å². The number of nitrogens with one attached hydrogen (secondary N) is 2. The van der Waals surface area contributed by atoms with Crippen molar-refractivity contribution in [3.8, 4) is 27.9 Å². The number of rotatable bonds is 6. The molecule has 0 bridgehead atoms. The Hall–Kier alpha value is -5.55. The molecule has 1 aliphatic heterocycles. The zero-order chi connectivity index (χ0) is 31.1. The maximum absolute atomic E-state index is 13.8. The fraction of sp³-hybridized carbons (Fsp3) is 0.206. The van der Waals surface area contributed by atoms with Crippen molar-refractivity contribution < 1.29 is 4.79 Å². The second kappa shape index (κ2) is 11.5. The number of carbonyl (C=O) groups excluding carboxylic acids is 1. The number of hydrogen-bond acceptors (Lipinski definition) is 7. The van der Waals surface area contributed by atoms with Gasteiger partial charge in [0.2, 0.25) is 0 Å². The maximum Gasteiger partial charge on any atom is 0.268 e. The molecule has 1 fully saturated rings. The Morgan fingerprint density at radius 2 is 1.73 bits per heavy atom. The van der Waals surface area contributed by atoms with E-state index in [4.69, 9.17) is 5.73 Å². The molecule has 1 aliphatic rings. The van der Waals surface area contributed by atoms with Gasteiger partial charge in [0, 0.05) is 58.6 Å². The van der Waals surface area contributed by atoms with Crippen molar-refractivity contribution in [1.82, 2.24) is 34.3 Å². The second-order valence-corrected chi connectivity index (χ2v) is 11.4. The Labute approximate surface area is 259 Å². The fourth-order valence-electron chi connectivity index (χ4n) is 6.26. The quantitative estimate of drug-likeness (QED) is 0.255. The number of piperidine rings is 1. The van der Waals surface area contributed by atoms with Gasteiger partial charge in [-0.3, -0.25) is 18.8 Å². The summed E-state index contributed by atoms with van der Waals surface area (Å²) in [6.45, 7) is 3.80. The summed E-state index contributed by atoms with van der Waals surface area (Å²) in [5.74, 6) is 0.283. The first-order chi connectivity index (χ1) is 21.9. The van der Waals surface area contributed by atoms with Gasteiger partial charge in [0.05, 0.1) is 6.20 Å². The Bertz CT molecular complexity index is 2090. The van der Waals surface area contributed by atoms with E-state index >= 15 is 0 Å². The lowest BCUT2D eigenvalue weighted by atomic mass is 9.94. The number of amides is 1. The molecule has 2 aromatic carbocycles. The molecular formula is C34H33N9O2. The van der Waals surface area contributed by atoms with E-state index in [-0.39, 0.29) is 5.56 Å². The molecule has 0 radical (unpaired) electrons. The highest BCUT2D eigenvalue weighted by molar-refractivity contribution is 6.05. The van der Waals surface area contributed by atoms with E-state index < -0.39 is 11.5 Å². The predicted molar refractivity (Wildman–Crippen MR) is 175 cm³/mol. The monoisotopic (exact) mass is 599 g/mol. The molecule has 4 aromatic heterocycles. The van der Waals surface area contributed by atoms with E-state index in [0.717, 1.165) is 59.4 Å². The molecular weight excluding hydrogens is 566 g/mol. The number of nitrogens with zero attached hydrogens (tertiary/aromatic N) is 6. The van der Waals surface area contributed by atoms with Crippen molar-refractivity contribution in [2.24, 2.45) is 7.05 Å². The molecule has 11 nitrogen and oxygen atoms in total. The summed E-state index contributed by atoms with van der Waals surface area (Å²) in [5, 5.41) is 15.2. The van der Waals surface area contributed by atoms with Crippen LogP contribution in [-0.4, -0.2) is 47.9 Å². The molecule has 0 unspecified atom stereocenters. The number of nitrogen functional groups attached to an aromatic ring is 1. The SMILES string of the molecule is Cc1c(-c2cnn(C)c2)cc(C(=O)Nc2ccc(-c3cc(C4CCNCC4)n4ncnc(N)c34)cc2)c(=O)n1-c1ccccc1. The number of aryl methyl sites for hydroxylation is 1. The van der Waals surface area contributed by atoms with Gasteiger partial charge < -0.3 is 16.4 Å². The van der Waals surface area contributed by atoms with E-state index in [9.17, 15) is 9.59 Å². The highest BCUT2D eigenvalue weighted by Gasteiger charge is 2.24. The van der Waals surface area contributed by atoms with Gasteiger partial charge in [-0.15, -0.1) is 0 Å². The first kappa shape index (κ1) is 28.2. The van der Waals surface area contributed by atoms with Crippen LogP contribution in [0.2, 0.25) is 0 Å². The highest BCUT2D eigenvalue weighted by atomic mass is 16.2. The third-order valence-corrected chi connectivity index (χ3v) is 8.54. The van der Waals surface area contributed by atoms with Crippen LogP contribution in [0.5, 0.6) is 0 Å². The van der Waals surface area contributed by atoms with Crippen molar-refractivity contribution in [2.75, 3.05) is 24.1 Å². The molecule has 6 aromatic rings. The number of nitrogens with two attached hydrogens (primary N) is 1. The smallest absolute Gasteiger partial charge is 0.268 e. The zero-order valence-electron chi connectivity index (χ0n) is 25.1. The molecule has 45 heavy (non-hydrogen) atoms. The molecule has 226 valence electrons. The second-order valence-electron chi connectivity index (χ2n) is 11.4. The van der Waals surface area contributed by atoms with Crippen molar-refractivity contribution >= 4 is 22.9 Å². The van der Waals surface area contributed by atoms with E-state index in [2.05, 4.69) is 31.9 Å². The summed E-state index contributed by atoms with van der Waals surface area (Å²) in [5.41, 5.74) is 13.2. The number of aromatic nitrogens is 6. The number of carbonyl (C=O) groups is 1. The Morgan fingerprint density at radius 3 is 2.44 bits per heavy atom. The number of fused-ring (bicyclic) bond motifs is 1. The van der Waals surface area contributed by atoms with Crippen molar-refractivity contribution in [1.29, 1.82) is 0 Å². The van der Waals surface area contributed by atoms with Crippen LogP contribution in [0.15, 0.2) is 90.2 Å². The standard InChI is InChI=1S/C34H33N9O2/c1-21-27(24-18-38-41(2)19-24)16-29(34(45)42(21)26-6-4-3-5-7-26)33(44)40-25-10-8-22(9-11-25)28-17-30(23-12-14-36-15-13-23)43-31(28)32(35)37-20-39-43/h3-11,16-20,23,36H,12-15H2,1-2H3,(H,40,44)(H2,35,37,39). The number of pyridine rings is 1. The summed E-state index contributed by atoms with van der Waals surface area (Å²) < 4.78 is 5.18. The first-order valence-corrected chi connectivity index (χ1v) is 14.9. The van der Waals surface area contributed by atoms with Gasteiger partial charge >= 0.3 is 0 Å². The molecule has 4 N–H and O–H groups in total. The molecule has 5 heterocycles. The number of anilines is 2. The molecule has 1 amide bonds. The normalized spacial score (nSPS) is 13.7. The van der Waals surface area contributed by atoms with Crippen molar-refractivity contribution in [2.45, 2.75) is 25.7 Å². The summed E-state index contributed by atoms with van der Waals surface area (Å²) >= 11 is 0. The van der Waals surface area contributed by atoms with Crippen LogP contribution < -0.4 is 21.9 Å². The van der Waals surface area contributed by atoms with Crippen LogP contribution in [0.3, 0.4) is 0 Å². The minimum absolute atomic E-state index is 0.0300. The van der Waals surface area contributed by atoms with Gasteiger partial charge in [-0.2, -0.15) is 10.2 Å². The average Bonchev–Trinajstić information content (AvgIpc) is 3.67. The number of benzene rings is 2. The lowest BCUT2D eigenvalue weighted by Crippen LogP contribution is -2.30. The molecule has 11 heteroatoms. The maximum atomic E-state index is 13.8. The third kappa shape index (κ3) is 5.17. The van der Waals surface area contributed by atoms with Crippen LogP contribution in [0.25, 0.3) is 33.5 Å². The largest absolute Gasteiger partial charge is 0.382 e. The summed E-state index contributed by atoms with van der Waals surface area (Å²) in [4.78, 5) is 31.7. The lowest BCUT2D eigenvalue weighted by Gasteiger charge is -2.22. The van der Waals surface area contributed by atoms with E-state index in [1.54, 1.807) is 21.5 Å².